The number of aliphatic imine (C=N–C) groups is 1. The van der Waals surface area contributed by atoms with Gasteiger partial charge in [-0.2, -0.15) is 0 Å². The number of esters is 1. The first-order valence-electron chi connectivity index (χ1n) is 6.83. The molecule has 0 saturated carbocycles. The number of ether oxygens (including phenoxy) is 1. The Morgan fingerprint density at radius 1 is 1.18 bits per heavy atom. The zero-order chi connectivity index (χ0) is 15.5. The van der Waals surface area contributed by atoms with E-state index >= 15 is 0 Å². The lowest BCUT2D eigenvalue weighted by atomic mass is 10.2. The second kappa shape index (κ2) is 5.81. The highest BCUT2D eigenvalue weighted by atomic mass is 16.5. The van der Waals surface area contributed by atoms with Crippen LogP contribution in [0, 0.1) is 0 Å². The molecule has 0 radical (unpaired) electrons. The molecule has 0 aliphatic carbocycles. The van der Waals surface area contributed by atoms with Gasteiger partial charge in [-0.05, 0) is 36.4 Å². The number of nitrogens with zero attached hydrogens (tertiary/aromatic N) is 3. The van der Waals surface area contributed by atoms with Gasteiger partial charge in [-0.1, -0.05) is 12.1 Å². The third kappa shape index (κ3) is 2.61. The number of carbonyl (C=O) groups is 1. The predicted octanol–water partition coefficient (Wildman–Crippen LogP) is 3.11. The average molecular weight is 293 g/mol. The van der Waals surface area contributed by atoms with Gasteiger partial charge < -0.3 is 9.30 Å². The molecular formula is C17H15N3O2. The quantitative estimate of drug-likeness (QED) is 0.550. The van der Waals surface area contributed by atoms with Crippen molar-refractivity contribution in [3.63, 3.8) is 0 Å². The first kappa shape index (κ1) is 14.0. The van der Waals surface area contributed by atoms with Gasteiger partial charge in [-0.25, -0.2) is 9.78 Å². The molecule has 22 heavy (non-hydrogen) atoms. The molecule has 3 rings (SSSR count). The number of aromatic nitrogens is 2. The smallest absolute Gasteiger partial charge is 0.337 e. The minimum atomic E-state index is -0.356. The SMILES string of the molecule is COC(=O)c1ccc(N=Cc2nc3ccccc3n2C)cc1. The molecule has 1 heterocycles. The Morgan fingerprint density at radius 3 is 2.59 bits per heavy atom. The molecular weight excluding hydrogens is 278 g/mol. The number of hydrogen-bond donors (Lipinski definition) is 0. The molecule has 110 valence electrons. The van der Waals surface area contributed by atoms with Gasteiger partial charge in [0.05, 0.1) is 35.6 Å². The van der Waals surface area contributed by atoms with Gasteiger partial charge in [0.15, 0.2) is 5.82 Å². The molecule has 0 unspecified atom stereocenters. The summed E-state index contributed by atoms with van der Waals surface area (Å²) in [7, 11) is 3.32. The first-order valence-corrected chi connectivity index (χ1v) is 6.83. The third-order valence-corrected chi connectivity index (χ3v) is 3.44. The third-order valence-electron chi connectivity index (χ3n) is 3.44. The second-order valence-electron chi connectivity index (χ2n) is 4.81. The van der Waals surface area contributed by atoms with E-state index < -0.39 is 0 Å². The van der Waals surface area contributed by atoms with Crippen molar-refractivity contribution in [3.8, 4) is 0 Å². The maximum atomic E-state index is 11.4. The van der Waals surface area contributed by atoms with Crippen LogP contribution in [0.5, 0.6) is 0 Å². The van der Waals surface area contributed by atoms with Gasteiger partial charge in [-0.3, -0.25) is 4.99 Å². The van der Waals surface area contributed by atoms with Crippen LogP contribution in [0.1, 0.15) is 16.2 Å². The van der Waals surface area contributed by atoms with Gasteiger partial charge in [0, 0.05) is 7.05 Å². The molecule has 0 N–H and O–H groups in total. The molecule has 0 fully saturated rings. The molecule has 0 spiro atoms. The van der Waals surface area contributed by atoms with Gasteiger partial charge in [-0.15, -0.1) is 0 Å². The Kier molecular flexibility index (Phi) is 3.70. The number of carbonyl (C=O) groups excluding carboxylic acids is 1. The number of imidazole rings is 1. The van der Waals surface area contributed by atoms with Crippen LogP contribution >= 0.6 is 0 Å². The van der Waals surface area contributed by atoms with Crippen LogP contribution in [-0.4, -0.2) is 28.8 Å². The van der Waals surface area contributed by atoms with Crippen molar-refractivity contribution in [2.45, 2.75) is 0 Å². The Hall–Kier alpha value is -2.95. The first-order chi connectivity index (χ1) is 10.7. The van der Waals surface area contributed by atoms with E-state index in [0.717, 1.165) is 22.5 Å². The van der Waals surface area contributed by atoms with E-state index in [9.17, 15) is 4.79 Å². The Labute approximate surface area is 127 Å². The van der Waals surface area contributed by atoms with Crippen molar-refractivity contribution in [1.82, 2.24) is 9.55 Å². The van der Waals surface area contributed by atoms with Crippen LogP contribution < -0.4 is 0 Å². The van der Waals surface area contributed by atoms with E-state index in [1.54, 1.807) is 30.5 Å². The van der Waals surface area contributed by atoms with Crippen LogP contribution in [0.4, 0.5) is 5.69 Å². The van der Waals surface area contributed by atoms with E-state index in [1.807, 2.05) is 35.9 Å². The molecule has 5 nitrogen and oxygen atoms in total. The number of rotatable bonds is 3. The van der Waals surface area contributed by atoms with E-state index in [2.05, 4.69) is 14.7 Å². The zero-order valence-electron chi connectivity index (χ0n) is 12.4. The number of benzene rings is 2. The van der Waals surface area contributed by atoms with Crippen molar-refractivity contribution in [3.05, 3.63) is 59.9 Å². The lowest BCUT2D eigenvalue weighted by Gasteiger charge is -1.99. The summed E-state index contributed by atoms with van der Waals surface area (Å²) in [6.07, 6.45) is 1.72. The summed E-state index contributed by atoms with van der Waals surface area (Å²) in [5, 5.41) is 0. The minimum absolute atomic E-state index is 0.356. The summed E-state index contributed by atoms with van der Waals surface area (Å²) in [5.74, 6) is 0.420. The van der Waals surface area contributed by atoms with E-state index in [1.165, 1.54) is 7.11 Å². The largest absolute Gasteiger partial charge is 0.465 e. The highest BCUT2D eigenvalue weighted by molar-refractivity contribution is 5.90. The summed E-state index contributed by atoms with van der Waals surface area (Å²) in [6.45, 7) is 0. The fraction of sp³-hybridized carbons (Fsp3) is 0.118. The lowest BCUT2D eigenvalue weighted by Crippen LogP contribution is -1.99. The molecule has 0 atom stereocenters. The zero-order valence-corrected chi connectivity index (χ0v) is 12.4. The van der Waals surface area contributed by atoms with E-state index in [0.29, 0.717) is 5.56 Å². The Bertz CT molecular complexity index is 848. The molecule has 0 aliphatic rings. The maximum Gasteiger partial charge on any atom is 0.337 e. The molecule has 5 heteroatoms. The number of hydrogen-bond acceptors (Lipinski definition) is 4. The molecule has 2 aromatic carbocycles. The minimum Gasteiger partial charge on any atom is -0.465 e. The van der Waals surface area contributed by atoms with Crippen LogP contribution in [0.25, 0.3) is 11.0 Å². The number of para-hydroxylation sites is 2. The summed E-state index contributed by atoms with van der Waals surface area (Å²) in [5.41, 5.74) is 3.25. The van der Waals surface area contributed by atoms with Gasteiger partial charge in [0.1, 0.15) is 0 Å². The standard InChI is InChI=1S/C17H15N3O2/c1-20-15-6-4-3-5-14(15)19-16(20)11-18-13-9-7-12(8-10-13)17(21)22-2/h3-11H,1-2H3. The maximum absolute atomic E-state index is 11.4. The monoisotopic (exact) mass is 293 g/mol. The van der Waals surface area contributed by atoms with Crippen LogP contribution in [0.2, 0.25) is 0 Å². The number of fused-ring (bicyclic) bond motifs is 1. The van der Waals surface area contributed by atoms with Crippen molar-refractivity contribution in [1.29, 1.82) is 0 Å². The highest BCUT2D eigenvalue weighted by Crippen LogP contribution is 2.16. The predicted molar refractivity (Wildman–Crippen MR) is 85.7 cm³/mol. The van der Waals surface area contributed by atoms with Gasteiger partial charge in [0.2, 0.25) is 0 Å². The fourth-order valence-corrected chi connectivity index (χ4v) is 2.21. The van der Waals surface area contributed by atoms with E-state index in [4.69, 9.17) is 0 Å². The lowest BCUT2D eigenvalue weighted by molar-refractivity contribution is 0.0601. The second-order valence-corrected chi connectivity index (χ2v) is 4.81. The van der Waals surface area contributed by atoms with Crippen molar-refractivity contribution >= 4 is 28.9 Å². The summed E-state index contributed by atoms with van der Waals surface area (Å²) >= 11 is 0. The summed E-state index contributed by atoms with van der Waals surface area (Å²) in [4.78, 5) is 20.3. The molecule has 3 aromatic rings. The molecule has 0 amide bonds. The Balaban J connectivity index is 1.86. The van der Waals surface area contributed by atoms with Crippen molar-refractivity contribution < 1.29 is 9.53 Å². The molecule has 0 aliphatic heterocycles. The van der Waals surface area contributed by atoms with E-state index in [-0.39, 0.29) is 5.97 Å². The fourth-order valence-electron chi connectivity index (χ4n) is 2.21. The summed E-state index contributed by atoms with van der Waals surface area (Å²) < 4.78 is 6.65. The number of aryl methyl sites for hydroxylation is 1. The van der Waals surface area contributed by atoms with Gasteiger partial charge in [0.25, 0.3) is 0 Å². The van der Waals surface area contributed by atoms with Crippen molar-refractivity contribution in [2.24, 2.45) is 12.0 Å². The van der Waals surface area contributed by atoms with Crippen LogP contribution in [0.15, 0.2) is 53.5 Å². The molecule has 1 aromatic heterocycles. The molecule has 0 saturated heterocycles. The Morgan fingerprint density at radius 2 is 1.91 bits per heavy atom. The van der Waals surface area contributed by atoms with Crippen molar-refractivity contribution in [2.75, 3.05) is 7.11 Å². The molecule has 0 bridgehead atoms. The topological polar surface area (TPSA) is 56.5 Å². The highest BCUT2D eigenvalue weighted by Gasteiger charge is 2.05. The van der Waals surface area contributed by atoms with Crippen LogP contribution in [0.3, 0.4) is 0 Å². The normalized spacial score (nSPS) is 11.2. The number of methoxy groups -OCH3 is 1. The van der Waals surface area contributed by atoms with Gasteiger partial charge >= 0.3 is 5.97 Å². The summed E-state index contributed by atoms with van der Waals surface area (Å²) in [6, 6.07) is 14.8. The van der Waals surface area contributed by atoms with Crippen LogP contribution in [-0.2, 0) is 11.8 Å². The average Bonchev–Trinajstić information content (AvgIpc) is 2.89.